The van der Waals surface area contributed by atoms with E-state index in [1.54, 1.807) is 0 Å². The first-order chi connectivity index (χ1) is 16.3. The number of ether oxygens (including phenoxy) is 2. The first-order valence-electron chi connectivity index (χ1n) is 11.8. The third kappa shape index (κ3) is 4.40. The molecule has 1 unspecified atom stereocenters. The van der Waals surface area contributed by atoms with Crippen LogP contribution in [0.25, 0.3) is 22.2 Å². The van der Waals surface area contributed by atoms with E-state index in [9.17, 15) is 9.90 Å². The van der Waals surface area contributed by atoms with Crippen LogP contribution in [0.15, 0.2) is 36.8 Å². The highest BCUT2D eigenvalue weighted by molar-refractivity contribution is 6.00. The normalized spacial score (nSPS) is 20.6. The highest BCUT2D eigenvalue weighted by Crippen LogP contribution is 2.38. The van der Waals surface area contributed by atoms with Gasteiger partial charge in [0.05, 0.1) is 17.1 Å². The lowest BCUT2D eigenvalue weighted by atomic mass is 10.1. The molecule has 0 saturated carbocycles. The van der Waals surface area contributed by atoms with Gasteiger partial charge in [0.15, 0.2) is 0 Å². The third-order valence-electron chi connectivity index (χ3n) is 6.90. The Morgan fingerprint density at radius 1 is 1.26 bits per heavy atom. The second-order valence-electron chi connectivity index (χ2n) is 9.79. The number of carboxylic acid groups (broad SMARTS) is 1. The van der Waals surface area contributed by atoms with Crippen LogP contribution < -0.4 is 10.5 Å². The SMILES string of the molecule is CC1(C)CCC(COc2cccc(-c3cn(C4CCN(C(=O)O)CC4)c4ncnc(N)c34)c2)O1. The lowest BCUT2D eigenvalue weighted by Gasteiger charge is -2.31. The fourth-order valence-electron chi connectivity index (χ4n) is 5.08. The third-order valence-corrected chi connectivity index (χ3v) is 6.90. The van der Waals surface area contributed by atoms with Gasteiger partial charge < -0.3 is 29.8 Å². The van der Waals surface area contributed by atoms with Gasteiger partial charge in [0.1, 0.15) is 30.1 Å². The van der Waals surface area contributed by atoms with Gasteiger partial charge in [-0.2, -0.15) is 0 Å². The molecule has 9 heteroatoms. The van der Waals surface area contributed by atoms with Gasteiger partial charge in [0, 0.05) is 30.9 Å². The summed E-state index contributed by atoms with van der Waals surface area (Å²) < 4.78 is 14.3. The van der Waals surface area contributed by atoms with E-state index in [0.29, 0.717) is 25.5 Å². The van der Waals surface area contributed by atoms with E-state index >= 15 is 0 Å². The lowest BCUT2D eigenvalue weighted by Crippen LogP contribution is -2.38. The zero-order valence-corrected chi connectivity index (χ0v) is 19.6. The molecule has 2 aliphatic heterocycles. The number of hydrogen-bond donors (Lipinski definition) is 2. The number of nitrogens with two attached hydrogens (primary N) is 1. The maximum atomic E-state index is 11.3. The number of nitrogens with zero attached hydrogens (tertiary/aromatic N) is 4. The smallest absolute Gasteiger partial charge is 0.407 e. The van der Waals surface area contributed by atoms with Crippen LogP contribution >= 0.6 is 0 Å². The van der Waals surface area contributed by atoms with Gasteiger partial charge in [-0.05, 0) is 57.2 Å². The highest BCUT2D eigenvalue weighted by Gasteiger charge is 2.32. The minimum atomic E-state index is -0.869. The number of hydrogen-bond acceptors (Lipinski definition) is 6. The van der Waals surface area contributed by atoms with Crippen molar-refractivity contribution >= 4 is 22.9 Å². The van der Waals surface area contributed by atoms with E-state index in [4.69, 9.17) is 15.2 Å². The van der Waals surface area contributed by atoms with E-state index in [1.807, 2.05) is 24.3 Å². The Morgan fingerprint density at radius 2 is 2.06 bits per heavy atom. The molecule has 0 radical (unpaired) electrons. The standard InChI is InChI=1S/C25H31N5O4/c1-25(2)9-6-19(34-25)14-33-18-5-3-4-16(12-18)20-13-30(23-21(20)22(26)27-15-28-23)17-7-10-29(11-8-17)24(31)32/h3-5,12-13,15,17,19H,6-11,14H2,1-2H3,(H,31,32)(H2,26,27,28). The van der Waals surface area contributed by atoms with E-state index in [0.717, 1.165) is 53.6 Å². The molecule has 1 atom stereocenters. The summed E-state index contributed by atoms with van der Waals surface area (Å²) in [5.41, 5.74) is 8.90. The van der Waals surface area contributed by atoms with Gasteiger partial charge in [0.25, 0.3) is 0 Å². The number of aromatic nitrogens is 3. The van der Waals surface area contributed by atoms with Crippen LogP contribution in [-0.4, -0.2) is 62.0 Å². The van der Waals surface area contributed by atoms with E-state index in [-0.39, 0.29) is 17.7 Å². The number of nitrogen functional groups attached to an aromatic ring is 1. The van der Waals surface area contributed by atoms with Crippen molar-refractivity contribution in [2.24, 2.45) is 0 Å². The highest BCUT2D eigenvalue weighted by atomic mass is 16.6. The number of likely N-dealkylation sites (tertiary alicyclic amines) is 1. The van der Waals surface area contributed by atoms with Gasteiger partial charge in [-0.1, -0.05) is 12.1 Å². The molecule has 2 fully saturated rings. The quantitative estimate of drug-likeness (QED) is 0.576. The minimum absolute atomic E-state index is 0.0875. The zero-order chi connectivity index (χ0) is 23.9. The van der Waals surface area contributed by atoms with E-state index in [2.05, 4.69) is 34.6 Å². The maximum Gasteiger partial charge on any atom is 0.407 e. The molecule has 1 amide bonds. The molecule has 0 bridgehead atoms. The van der Waals surface area contributed by atoms with Crippen molar-refractivity contribution in [1.29, 1.82) is 0 Å². The summed E-state index contributed by atoms with van der Waals surface area (Å²) in [5, 5.41) is 10.1. The fraction of sp³-hybridized carbons (Fsp3) is 0.480. The largest absolute Gasteiger partial charge is 0.491 e. The Labute approximate surface area is 198 Å². The average Bonchev–Trinajstić information content (AvgIpc) is 3.39. The Bertz CT molecular complexity index is 1200. The molecular formula is C25H31N5O4. The van der Waals surface area contributed by atoms with Gasteiger partial charge in [-0.15, -0.1) is 0 Å². The molecule has 3 N–H and O–H groups in total. The molecule has 4 heterocycles. The molecule has 180 valence electrons. The summed E-state index contributed by atoms with van der Waals surface area (Å²) in [7, 11) is 0. The van der Waals surface area contributed by atoms with Crippen LogP contribution in [-0.2, 0) is 4.74 Å². The molecular weight excluding hydrogens is 434 g/mol. The molecule has 9 nitrogen and oxygen atoms in total. The molecule has 5 rings (SSSR count). The topological polar surface area (TPSA) is 116 Å². The molecule has 3 aromatic rings. The van der Waals surface area contributed by atoms with Crippen LogP contribution in [0, 0.1) is 0 Å². The zero-order valence-electron chi connectivity index (χ0n) is 19.6. The first kappa shape index (κ1) is 22.5. The van der Waals surface area contributed by atoms with Crippen molar-refractivity contribution in [2.75, 3.05) is 25.4 Å². The Hall–Kier alpha value is -3.33. The number of rotatable bonds is 5. The van der Waals surface area contributed by atoms with Crippen LogP contribution in [0.4, 0.5) is 10.6 Å². The van der Waals surface area contributed by atoms with E-state index < -0.39 is 6.09 Å². The van der Waals surface area contributed by atoms with E-state index in [1.165, 1.54) is 11.2 Å². The molecule has 2 aliphatic rings. The van der Waals surface area contributed by atoms with Crippen LogP contribution in [0.5, 0.6) is 5.75 Å². The molecule has 0 aliphatic carbocycles. The van der Waals surface area contributed by atoms with Crippen LogP contribution in [0.1, 0.15) is 45.6 Å². The number of carbonyl (C=O) groups is 1. The fourth-order valence-corrected chi connectivity index (χ4v) is 5.08. The monoisotopic (exact) mass is 465 g/mol. The summed E-state index contributed by atoms with van der Waals surface area (Å²) in [6.07, 6.45) is 6.25. The Morgan fingerprint density at radius 3 is 2.76 bits per heavy atom. The van der Waals surface area contributed by atoms with Crippen molar-refractivity contribution < 1.29 is 19.4 Å². The summed E-state index contributed by atoms with van der Waals surface area (Å²) in [4.78, 5) is 21.5. The molecule has 2 saturated heterocycles. The van der Waals surface area contributed by atoms with Crippen LogP contribution in [0.3, 0.4) is 0 Å². The number of benzene rings is 1. The predicted molar refractivity (Wildman–Crippen MR) is 129 cm³/mol. The van der Waals surface area contributed by atoms with Crippen molar-refractivity contribution in [3.05, 3.63) is 36.8 Å². The van der Waals surface area contributed by atoms with Crippen molar-refractivity contribution in [3.8, 4) is 16.9 Å². The van der Waals surface area contributed by atoms with Gasteiger partial charge >= 0.3 is 6.09 Å². The van der Waals surface area contributed by atoms with Crippen LogP contribution in [0.2, 0.25) is 0 Å². The number of anilines is 1. The summed E-state index contributed by atoms with van der Waals surface area (Å²) in [5.74, 6) is 1.20. The van der Waals surface area contributed by atoms with Gasteiger partial charge in [0.2, 0.25) is 0 Å². The Balaban J connectivity index is 1.42. The number of amides is 1. The van der Waals surface area contributed by atoms with Gasteiger partial charge in [-0.3, -0.25) is 0 Å². The second kappa shape index (κ2) is 8.79. The maximum absolute atomic E-state index is 11.3. The summed E-state index contributed by atoms with van der Waals surface area (Å²) in [6.45, 7) is 5.74. The second-order valence-corrected chi connectivity index (χ2v) is 9.79. The number of fused-ring (bicyclic) bond motifs is 1. The van der Waals surface area contributed by atoms with Crippen molar-refractivity contribution in [1.82, 2.24) is 19.4 Å². The number of piperidine rings is 1. The van der Waals surface area contributed by atoms with Crippen molar-refractivity contribution in [2.45, 2.75) is 57.3 Å². The first-order valence-corrected chi connectivity index (χ1v) is 11.8. The summed E-state index contributed by atoms with van der Waals surface area (Å²) in [6, 6.07) is 8.10. The molecule has 1 aromatic carbocycles. The molecule has 2 aromatic heterocycles. The Kier molecular flexibility index (Phi) is 5.81. The van der Waals surface area contributed by atoms with Gasteiger partial charge in [-0.25, -0.2) is 14.8 Å². The minimum Gasteiger partial charge on any atom is -0.491 e. The molecule has 34 heavy (non-hydrogen) atoms. The average molecular weight is 466 g/mol. The predicted octanol–water partition coefficient (Wildman–Crippen LogP) is 4.33. The molecule has 0 spiro atoms. The van der Waals surface area contributed by atoms with Crippen molar-refractivity contribution in [3.63, 3.8) is 0 Å². The lowest BCUT2D eigenvalue weighted by molar-refractivity contribution is -0.0326. The summed E-state index contributed by atoms with van der Waals surface area (Å²) >= 11 is 0.